The van der Waals surface area contributed by atoms with Gasteiger partial charge < -0.3 is 14.7 Å². The van der Waals surface area contributed by atoms with Gasteiger partial charge >= 0.3 is 6.09 Å². The Morgan fingerprint density at radius 2 is 2.05 bits per heavy atom. The third-order valence-electron chi connectivity index (χ3n) is 3.32. The van der Waals surface area contributed by atoms with Gasteiger partial charge in [0.15, 0.2) is 0 Å². The van der Waals surface area contributed by atoms with E-state index in [4.69, 9.17) is 9.84 Å². The average Bonchev–Trinajstić information content (AvgIpc) is 2.35. The summed E-state index contributed by atoms with van der Waals surface area (Å²) in [5, 5.41) is 8.56. The molecule has 1 N–H and O–H groups in total. The van der Waals surface area contributed by atoms with Gasteiger partial charge in [-0.1, -0.05) is 0 Å². The molecule has 0 radical (unpaired) electrons. The fourth-order valence-corrected chi connectivity index (χ4v) is 2.29. The van der Waals surface area contributed by atoms with Crippen LogP contribution in [0.25, 0.3) is 0 Å². The highest BCUT2D eigenvalue weighted by Gasteiger charge is 2.32. The number of hydrogen-bond donors (Lipinski definition) is 1. The normalized spacial score (nSPS) is 20.9. The summed E-state index contributed by atoms with van der Waals surface area (Å²) in [7, 11) is 0. The van der Waals surface area contributed by atoms with E-state index in [2.05, 4.69) is 0 Å². The van der Waals surface area contributed by atoms with Gasteiger partial charge in [0, 0.05) is 19.5 Å². The third kappa shape index (κ3) is 6.03. The van der Waals surface area contributed by atoms with E-state index in [0.717, 1.165) is 12.8 Å². The summed E-state index contributed by atoms with van der Waals surface area (Å²) < 4.78 is 31.4. The molecule has 1 rings (SSSR count). The van der Waals surface area contributed by atoms with Crippen molar-refractivity contribution in [2.75, 3.05) is 19.7 Å². The molecule has 0 aromatic heterocycles. The van der Waals surface area contributed by atoms with Crippen LogP contribution in [0.1, 0.15) is 46.5 Å². The third-order valence-corrected chi connectivity index (χ3v) is 3.32. The van der Waals surface area contributed by atoms with E-state index in [1.165, 1.54) is 0 Å². The molecule has 0 saturated carbocycles. The van der Waals surface area contributed by atoms with E-state index in [1.807, 2.05) is 0 Å². The van der Waals surface area contributed by atoms with Gasteiger partial charge in [-0.3, -0.25) is 0 Å². The molecular weight excluding hydrogens is 268 g/mol. The van der Waals surface area contributed by atoms with Gasteiger partial charge in [0.1, 0.15) is 12.2 Å². The first-order chi connectivity index (χ1) is 9.13. The predicted octanol–water partition coefficient (Wildman–Crippen LogP) is 3.04. The molecule has 1 saturated heterocycles. The molecule has 1 amide bonds. The number of hydrogen-bond acceptors (Lipinski definition) is 3. The Morgan fingerprint density at radius 1 is 1.40 bits per heavy atom. The molecule has 1 unspecified atom stereocenters. The van der Waals surface area contributed by atoms with Crippen molar-refractivity contribution in [1.29, 1.82) is 0 Å². The molecule has 0 aromatic rings. The predicted molar refractivity (Wildman–Crippen MR) is 71.8 cm³/mol. The molecule has 1 atom stereocenters. The topological polar surface area (TPSA) is 49.8 Å². The van der Waals surface area contributed by atoms with Crippen molar-refractivity contribution in [3.63, 3.8) is 0 Å². The number of carbonyl (C=O) groups excluding carboxylic acids is 1. The summed E-state index contributed by atoms with van der Waals surface area (Å²) in [4.78, 5) is 13.5. The van der Waals surface area contributed by atoms with Gasteiger partial charge in [-0.05, 0) is 46.0 Å². The minimum absolute atomic E-state index is 0.0497. The molecule has 1 aliphatic heterocycles. The van der Waals surface area contributed by atoms with Crippen LogP contribution in [0.2, 0.25) is 0 Å². The van der Waals surface area contributed by atoms with Crippen LogP contribution in [0, 0.1) is 5.92 Å². The second-order valence-electron chi connectivity index (χ2n) is 6.49. The number of amides is 1. The second kappa shape index (κ2) is 6.70. The van der Waals surface area contributed by atoms with Crippen LogP contribution in [-0.4, -0.2) is 47.3 Å². The maximum atomic E-state index is 13.0. The van der Waals surface area contributed by atoms with E-state index in [0.29, 0.717) is 19.5 Å². The van der Waals surface area contributed by atoms with E-state index in [1.54, 1.807) is 25.7 Å². The van der Waals surface area contributed by atoms with Gasteiger partial charge in [-0.25, -0.2) is 13.6 Å². The van der Waals surface area contributed by atoms with E-state index in [-0.39, 0.29) is 18.4 Å². The van der Waals surface area contributed by atoms with Gasteiger partial charge in [0.05, 0.1) is 0 Å². The smallest absolute Gasteiger partial charge is 0.410 e. The Kier molecular flexibility index (Phi) is 5.74. The van der Waals surface area contributed by atoms with Crippen molar-refractivity contribution >= 4 is 6.09 Å². The number of aliphatic hydroxyl groups is 1. The van der Waals surface area contributed by atoms with Gasteiger partial charge in [-0.15, -0.1) is 0 Å². The van der Waals surface area contributed by atoms with E-state index < -0.39 is 18.1 Å². The summed E-state index contributed by atoms with van der Waals surface area (Å²) in [6.45, 7) is 5.35. The molecular formula is C14H25F2NO3. The summed E-state index contributed by atoms with van der Waals surface area (Å²) in [5.74, 6) is -2.97. The highest BCUT2D eigenvalue weighted by atomic mass is 19.3. The highest BCUT2D eigenvalue weighted by Crippen LogP contribution is 2.27. The SMILES string of the molecule is CC(C)(C)OC(=O)N1CCCC(CCC(F)(F)CO)C1. The van der Waals surface area contributed by atoms with Gasteiger partial charge in [-0.2, -0.15) is 0 Å². The molecule has 4 nitrogen and oxygen atoms in total. The number of ether oxygens (including phenoxy) is 1. The number of halogens is 2. The standard InChI is InChI=1S/C14H25F2NO3/c1-13(2,3)20-12(19)17-8-4-5-11(9-17)6-7-14(15,16)10-18/h11,18H,4-10H2,1-3H3. The number of piperidine rings is 1. The Balaban J connectivity index is 2.44. The Labute approximate surface area is 119 Å². The van der Waals surface area contributed by atoms with Crippen molar-refractivity contribution in [2.24, 2.45) is 5.92 Å². The summed E-state index contributed by atoms with van der Waals surface area (Å²) in [6, 6.07) is 0. The fraction of sp³-hybridized carbons (Fsp3) is 0.929. The molecule has 1 aliphatic rings. The maximum absolute atomic E-state index is 13.0. The molecule has 0 aromatic carbocycles. The van der Waals surface area contributed by atoms with Crippen molar-refractivity contribution in [2.45, 2.75) is 58.0 Å². The summed E-state index contributed by atoms with van der Waals surface area (Å²) in [6.07, 6.45) is 1.23. The Bertz CT molecular complexity index is 329. The molecule has 0 spiro atoms. The van der Waals surface area contributed by atoms with Crippen molar-refractivity contribution in [3.8, 4) is 0 Å². The second-order valence-corrected chi connectivity index (χ2v) is 6.49. The van der Waals surface area contributed by atoms with Crippen LogP contribution in [0.4, 0.5) is 13.6 Å². The number of rotatable bonds is 4. The zero-order valence-corrected chi connectivity index (χ0v) is 12.5. The average molecular weight is 293 g/mol. The first kappa shape index (κ1) is 17.1. The Hall–Kier alpha value is -0.910. The van der Waals surface area contributed by atoms with Crippen molar-refractivity contribution in [3.05, 3.63) is 0 Å². The molecule has 118 valence electrons. The number of nitrogens with zero attached hydrogens (tertiary/aromatic N) is 1. The maximum Gasteiger partial charge on any atom is 0.410 e. The summed E-state index contributed by atoms with van der Waals surface area (Å²) >= 11 is 0. The lowest BCUT2D eigenvalue weighted by atomic mass is 9.92. The molecule has 1 fully saturated rings. The zero-order chi connectivity index (χ0) is 15.4. The number of aliphatic hydroxyl groups excluding tert-OH is 1. The van der Waals surface area contributed by atoms with Crippen LogP contribution >= 0.6 is 0 Å². The van der Waals surface area contributed by atoms with Crippen LogP contribution < -0.4 is 0 Å². The van der Waals surface area contributed by atoms with E-state index in [9.17, 15) is 13.6 Å². The van der Waals surface area contributed by atoms with Crippen LogP contribution in [0.5, 0.6) is 0 Å². The largest absolute Gasteiger partial charge is 0.444 e. The highest BCUT2D eigenvalue weighted by molar-refractivity contribution is 5.68. The zero-order valence-electron chi connectivity index (χ0n) is 12.5. The quantitative estimate of drug-likeness (QED) is 0.866. The monoisotopic (exact) mass is 293 g/mol. The van der Waals surface area contributed by atoms with Crippen LogP contribution in [0.15, 0.2) is 0 Å². The van der Waals surface area contributed by atoms with Crippen LogP contribution in [-0.2, 0) is 4.74 Å². The van der Waals surface area contributed by atoms with Crippen molar-refractivity contribution in [1.82, 2.24) is 4.90 Å². The molecule has 0 bridgehead atoms. The number of alkyl halides is 2. The molecule has 1 heterocycles. The lowest BCUT2D eigenvalue weighted by Gasteiger charge is -2.34. The first-order valence-corrected chi connectivity index (χ1v) is 7.09. The number of carbonyl (C=O) groups is 1. The molecule has 6 heteroatoms. The van der Waals surface area contributed by atoms with Crippen LogP contribution in [0.3, 0.4) is 0 Å². The molecule has 20 heavy (non-hydrogen) atoms. The summed E-state index contributed by atoms with van der Waals surface area (Å²) in [5.41, 5.74) is -0.548. The van der Waals surface area contributed by atoms with Crippen molar-refractivity contribution < 1.29 is 23.4 Å². The minimum Gasteiger partial charge on any atom is -0.444 e. The van der Waals surface area contributed by atoms with E-state index >= 15 is 0 Å². The molecule has 0 aliphatic carbocycles. The lowest BCUT2D eigenvalue weighted by Crippen LogP contribution is -2.43. The Morgan fingerprint density at radius 3 is 2.60 bits per heavy atom. The first-order valence-electron chi connectivity index (χ1n) is 7.09. The minimum atomic E-state index is -3.02. The van der Waals surface area contributed by atoms with Gasteiger partial charge in [0.25, 0.3) is 5.92 Å². The number of likely N-dealkylation sites (tertiary alicyclic amines) is 1. The lowest BCUT2D eigenvalue weighted by molar-refractivity contribution is -0.0619. The van der Waals surface area contributed by atoms with Gasteiger partial charge in [0.2, 0.25) is 0 Å². The fourth-order valence-electron chi connectivity index (χ4n) is 2.29.